The predicted octanol–water partition coefficient (Wildman–Crippen LogP) is 1.21. The lowest BCUT2D eigenvalue weighted by Crippen LogP contribution is -2.08. The second-order valence-electron chi connectivity index (χ2n) is 2.25. The van der Waals surface area contributed by atoms with Gasteiger partial charge in [-0.1, -0.05) is 0 Å². The van der Waals surface area contributed by atoms with Crippen molar-refractivity contribution in [3.05, 3.63) is 23.5 Å². The molecule has 0 aliphatic heterocycles. The summed E-state index contributed by atoms with van der Waals surface area (Å²) in [4.78, 5) is 19.1. The number of rotatable bonds is 1. The Morgan fingerprint density at radius 3 is 2.92 bits per heavy atom. The van der Waals surface area contributed by atoms with Crippen molar-refractivity contribution in [2.45, 2.75) is 0 Å². The van der Waals surface area contributed by atoms with Gasteiger partial charge in [0, 0.05) is 6.20 Å². The minimum atomic E-state index is -0.419. The number of primary amides is 1. The zero-order valence-electron chi connectivity index (χ0n) is 6.43. The van der Waals surface area contributed by atoms with E-state index in [4.69, 9.17) is 5.73 Å². The molecule has 2 aromatic rings. The molecule has 0 fully saturated rings. The van der Waals surface area contributed by atoms with Gasteiger partial charge in [-0.2, -0.15) is 0 Å². The highest BCUT2D eigenvalue weighted by Crippen LogP contribution is 2.21. The highest BCUT2D eigenvalue weighted by molar-refractivity contribution is 7.20. The Kier molecular flexibility index (Phi) is 2.79. The van der Waals surface area contributed by atoms with E-state index in [-0.39, 0.29) is 12.4 Å². The molecule has 6 heteroatoms. The molecule has 0 spiro atoms. The van der Waals surface area contributed by atoms with E-state index >= 15 is 0 Å². The molecular weight excluding hydrogens is 210 g/mol. The second-order valence-corrected chi connectivity index (χ2v) is 3.33. The molecule has 0 bridgehead atoms. The molecule has 0 saturated carbocycles. The first-order valence-corrected chi connectivity index (χ1v) is 4.08. The summed E-state index contributed by atoms with van der Waals surface area (Å²) in [5.41, 5.74) is 5.87. The maximum absolute atomic E-state index is 10.8. The summed E-state index contributed by atoms with van der Waals surface area (Å²) < 4.78 is 0.881. The van der Waals surface area contributed by atoms with Crippen LogP contribution in [0.5, 0.6) is 0 Å². The topological polar surface area (TPSA) is 68.9 Å². The Balaban J connectivity index is 0.000000845. The molecule has 2 N–H and O–H groups in total. The molecule has 2 heterocycles. The van der Waals surface area contributed by atoms with Crippen LogP contribution in [0.2, 0.25) is 0 Å². The fourth-order valence-corrected chi connectivity index (χ4v) is 1.74. The lowest BCUT2D eigenvalue weighted by molar-refractivity contribution is 0.100. The van der Waals surface area contributed by atoms with Crippen LogP contribution in [0.4, 0.5) is 0 Å². The molecule has 0 aliphatic carbocycles. The van der Waals surface area contributed by atoms with E-state index in [0.717, 1.165) is 10.2 Å². The zero-order valence-corrected chi connectivity index (χ0v) is 8.06. The van der Waals surface area contributed by atoms with E-state index < -0.39 is 5.91 Å². The van der Waals surface area contributed by atoms with Gasteiger partial charge in [-0.25, -0.2) is 9.97 Å². The number of hydrogen-bond donors (Lipinski definition) is 1. The van der Waals surface area contributed by atoms with Crippen LogP contribution in [-0.2, 0) is 0 Å². The number of carbonyl (C=O) groups is 1. The van der Waals surface area contributed by atoms with E-state index in [1.165, 1.54) is 17.7 Å². The van der Waals surface area contributed by atoms with E-state index in [1.807, 2.05) is 0 Å². The largest absolute Gasteiger partial charge is 0.365 e. The van der Waals surface area contributed by atoms with Crippen LogP contribution in [0.25, 0.3) is 10.2 Å². The number of aromatic nitrogens is 2. The number of carbonyl (C=O) groups excluding carboxylic acids is 1. The zero-order chi connectivity index (χ0) is 8.55. The third-order valence-electron chi connectivity index (χ3n) is 1.44. The van der Waals surface area contributed by atoms with Gasteiger partial charge >= 0.3 is 0 Å². The molecule has 2 aromatic heterocycles. The van der Waals surface area contributed by atoms with Gasteiger partial charge in [0.15, 0.2) is 0 Å². The van der Waals surface area contributed by atoms with Crippen LogP contribution >= 0.6 is 23.7 Å². The summed E-state index contributed by atoms with van der Waals surface area (Å²) in [6.07, 6.45) is 3.11. The molecule has 2 rings (SSSR count). The summed E-state index contributed by atoms with van der Waals surface area (Å²) in [5.74, 6) is -0.419. The SMILES string of the molecule is Cl.NC(=O)c1cc2ncncc2s1. The third kappa shape index (κ3) is 1.76. The Morgan fingerprint density at radius 1 is 1.54 bits per heavy atom. The maximum atomic E-state index is 10.8. The monoisotopic (exact) mass is 215 g/mol. The number of hydrogen-bond acceptors (Lipinski definition) is 4. The normalized spacial score (nSPS) is 9.54. The smallest absolute Gasteiger partial charge is 0.258 e. The second kappa shape index (κ2) is 3.68. The van der Waals surface area contributed by atoms with E-state index in [1.54, 1.807) is 12.3 Å². The van der Waals surface area contributed by atoms with E-state index in [9.17, 15) is 4.79 Å². The van der Waals surface area contributed by atoms with Crippen molar-refractivity contribution in [1.29, 1.82) is 0 Å². The molecular formula is C7H6ClN3OS. The van der Waals surface area contributed by atoms with Crippen LogP contribution in [0.15, 0.2) is 18.6 Å². The van der Waals surface area contributed by atoms with E-state index in [2.05, 4.69) is 9.97 Å². The first-order chi connectivity index (χ1) is 5.77. The van der Waals surface area contributed by atoms with Crippen LogP contribution in [-0.4, -0.2) is 15.9 Å². The van der Waals surface area contributed by atoms with Crippen molar-refractivity contribution in [3.63, 3.8) is 0 Å². The lowest BCUT2D eigenvalue weighted by atomic mass is 10.4. The molecule has 13 heavy (non-hydrogen) atoms. The van der Waals surface area contributed by atoms with Crippen molar-refractivity contribution in [2.24, 2.45) is 5.73 Å². The molecule has 0 saturated heterocycles. The average Bonchev–Trinajstić information content (AvgIpc) is 2.46. The first-order valence-electron chi connectivity index (χ1n) is 3.27. The summed E-state index contributed by atoms with van der Waals surface area (Å²) in [7, 11) is 0. The van der Waals surface area contributed by atoms with Gasteiger partial charge in [0.05, 0.1) is 15.1 Å². The maximum Gasteiger partial charge on any atom is 0.258 e. The summed E-state index contributed by atoms with van der Waals surface area (Å²) in [5, 5.41) is 0. The number of fused-ring (bicyclic) bond motifs is 1. The molecule has 4 nitrogen and oxygen atoms in total. The molecule has 68 valence electrons. The van der Waals surface area contributed by atoms with Crippen LogP contribution in [0, 0.1) is 0 Å². The van der Waals surface area contributed by atoms with Crippen molar-refractivity contribution in [2.75, 3.05) is 0 Å². The van der Waals surface area contributed by atoms with Gasteiger partial charge in [-0.15, -0.1) is 23.7 Å². The quantitative estimate of drug-likeness (QED) is 0.778. The number of thiophene rings is 1. The van der Waals surface area contributed by atoms with E-state index in [0.29, 0.717) is 4.88 Å². The fourth-order valence-electron chi connectivity index (χ4n) is 0.907. The van der Waals surface area contributed by atoms with Gasteiger partial charge in [0.1, 0.15) is 6.33 Å². The number of nitrogens with two attached hydrogens (primary N) is 1. The minimum Gasteiger partial charge on any atom is -0.365 e. The van der Waals surface area contributed by atoms with Crippen LogP contribution < -0.4 is 5.73 Å². The van der Waals surface area contributed by atoms with Crippen molar-refractivity contribution in [1.82, 2.24) is 9.97 Å². The van der Waals surface area contributed by atoms with Gasteiger partial charge in [0.2, 0.25) is 0 Å². The van der Waals surface area contributed by atoms with Crippen molar-refractivity contribution in [3.8, 4) is 0 Å². The Bertz CT molecular complexity index is 409. The Hall–Kier alpha value is -1.20. The molecule has 0 unspecified atom stereocenters. The summed E-state index contributed by atoms with van der Waals surface area (Å²) in [6, 6.07) is 1.67. The Labute approximate surface area is 84.2 Å². The average molecular weight is 216 g/mol. The molecule has 0 radical (unpaired) electrons. The van der Waals surface area contributed by atoms with Gasteiger partial charge in [0.25, 0.3) is 5.91 Å². The van der Waals surface area contributed by atoms with Crippen molar-refractivity contribution < 1.29 is 4.79 Å². The van der Waals surface area contributed by atoms with Gasteiger partial charge in [-0.05, 0) is 6.07 Å². The number of halogens is 1. The third-order valence-corrected chi connectivity index (χ3v) is 2.51. The highest BCUT2D eigenvalue weighted by Gasteiger charge is 2.06. The lowest BCUT2D eigenvalue weighted by Gasteiger charge is -1.81. The standard InChI is InChI=1S/C7H5N3OS.ClH/c8-7(11)5-1-4-6(12-5)2-9-3-10-4;/h1-3H,(H2,8,11);1H. The number of amides is 1. The summed E-state index contributed by atoms with van der Waals surface area (Å²) >= 11 is 1.31. The predicted molar refractivity (Wildman–Crippen MR) is 53.2 cm³/mol. The van der Waals surface area contributed by atoms with Gasteiger partial charge < -0.3 is 5.73 Å². The van der Waals surface area contributed by atoms with Gasteiger partial charge in [-0.3, -0.25) is 4.79 Å². The summed E-state index contributed by atoms with van der Waals surface area (Å²) in [6.45, 7) is 0. The first kappa shape index (κ1) is 9.88. The molecule has 0 aliphatic rings. The molecule has 0 atom stereocenters. The van der Waals surface area contributed by atoms with Crippen LogP contribution in [0.1, 0.15) is 9.67 Å². The Morgan fingerprint density at radius 2 is 2.31 bits per heavy atom. The minimum absolute atomic E-state index is 0. The molecule has 1 amide bonds. The number of nitrogens with zero attached hydrogens (tertiary/aromatic N) is 2. The van der Waals surface area contributed by atoms with Crippen molar-refractivity contribution >= 4 is 39.9 Å². The van der Waals surface area contributed by atoms with Crippen LogP contribution in [0.3, 0.4) is 0 Å². The molecule has 0 aromatic carbocycles. The highest BCUT2D eigenvalue weighted by atomic mass is 35.5. The fraction of sp³-hybridized carbons (Fsp3) is 0.